The molecule has 11 N–H and O–H groups in total. The first-order valence-corrected chi connectivity index (χ1v) is 25.4. The van der Waals surface area contributed by atoms with E-state index in [1.54, 1.807) is 0 Å². The Balaban J connectivity index is 0.938. The number of nitrogens with zero attached hydrogens (tertiary/aromatic N) is 12. The van der Waals surface area contributed by atoms with Gasteiger partial charge in [-0.15, -0.1) is 0 Å². The summed E-state index contributed by atoms with van der Waals surface area (Å²) in [6, 6.07) is 0. The molecule has 0 saturated carbocycles. The van der Waals surface area contributed by atoms with Crippen LogP contribution in [0.2, 0.25) is 0 Å². The lowest BCUT2D eigenvalue weighted by Gasteiger charge is -2.29. The molecule has 0 bridgehead atoms. The Labute approximate surface area is 392 Å². The number of carboxylic acids is 1. The Hall–Kier alpha value is -4.70. The number of imidazole rings is 3. The number of nitrogens with two attached hydrogens (primary N) is 3. The van der Waals surface area contributed by atoms with Gasteiger partial charge in [-0.05, 0) is 30.0 Å². The Morgan fingerprint density at radius 1 is 0.618 bits per heavy atom. The van der Waals surface area contributed by atoms with Crippen molar-refractivity contribution in [3.63, 3.8) is 0 Å². The lowest BCUT2D eigenvalue weighted by molar-refractivity contribution is -0.138. The van der Waals surface area contributed by atoms with E-state index >= 15 is 0 Å². The summed E-state index contributed by atoms with van der Waals surface area (Å²) in [6.07, 6.45) is -7.38. The van der Waals surface area contributed by atoms with E-state index in [2.05, 4.69) is 44.9 Å². The normalized spacial score (nSPS) is 30.4. The van der Waals surface area contributed by atoms with Crippen LogP contribution in [0.25, 0.3) is 33.5 Å². The van der Waals surface area contributed by atoms with Gasteiger partial charge >= 0.3 is 19.4 Å². The minimum atomic E-state index is -4.37. The van der Waals surface area contributed by atoms with Gasteiger partial charge < -0.3 is 75.0 Å². The van der Waals surface area contributed by atoms with Crippen LogP contribution in [-0.4, -0.2) is 172 Å². The fraction of sp³-hybridized carbons (Fsp3) is 0.529. The first-order valence-electron chi connectivity index (χ1n) is 20.2. The van der Waals surface area contributed by atoms with Gasteiger partial charge in [0.15, 0.2) is 53.1 Å². The predicted molar refractivity (Wildman–Crippen MR) is 236 cm³/mol. The molecule has 30 nitrogen and oxygen atoms in total. The van der Waals surface area contributed by atoms with Gasteiger partial charge in [-0.3, -0.25) is 27.5 Å². The maximum absolute atomic E-state index is 11.7. The molecule has 0 aliphatic carbocycles. The summed E-state index contributed by atoms with van der Waals surface area (Å²) in [6.45, 7) is -9.82. The molecule has 6 aromatic rings. The highest BCUT2D eigenvalue weighted by molar-refractivity contribution is 8.07. The monoisotopic (exact) mass is 1030 g/mol. The van der Waals surface area contributed by atoms with E-state index in [9.17, 15) is 29.9 Å². The molecule has 9 heterocycles. The number of aromatic nitrogens is 12. The van der Waals surface area contributed by atoms with Gasteiger partial charge in [0.1, 0.15) is 84.4 Å². The van der Waals surface area contributed by atoms with Gasteiger partial charge in [0.05, 0.1) is 38.3 Å². The second kappa shape index (κ2) is 19.2. The molecule has 0 aromatic carbocycles. The van der Waals surface area contributed by atoms with Gasteiger partial charge in [-0.25, -0.2) is 44.9 Å². The number of fused-ring (bicyclic) bond motifs is 3. The van der Waals surface area contributed by atoms with Gasteiger partial charge in [0, 0.05) is 20.6 Å². The lowest BCUT2D eigenvalue weighted by atomic mass is 10.1. The van der Waals surface area contributed by atoms with Crippen LogP contribution < -0.4 is 17.2 Å². The number of anilines is 3. The summed E-state index contributed by atoms with van der Waals surface area (Å²) in [7, 11) is 2.67. The molecule has 366 valence electrons. The standard InChI is InChI=1S/C34H43N15O15P2S2/c1-56-22-13(3-4-16(50)51)60-33(48-11-45-18-27(36)39-8-42-30(18)48)24(22)63-66(55,68)59-6-15-23(57-2)25(34(62-15)49-12-46-19-28(37)40-9-43-31(19)49)64-65(54,67)58-5-14-20(52)21(53)32(61-14)47-10-44-17-26(35)38-7-41-29(17)47/h7-15,20-25,32-34,52-53H,3-6H2,1-2H3,(H,50,51)(H,54,67)(H,55,68)(H2,35,38,41)(H2,36,39,42)(H2,37,40,43)/t13-,14-,15-,20-,21-,22-,23-,24-,25-,32-,33-,34-,65-,66-/m1/s1. The summed E-state index contributed by atoms with van der Waals surface area (Å²) >= 11 is 11.0. The molecule has 0 unspecified atom stereocenters. The van der Waals surface area contributed by atoms with Crippen LogP contribution in [0.15, 0.2) is 38.0 Å². The van der Waals surface area contributed by atoms with E-state index in [1.165, 1.54) is 65.9 Å². The van der Waals surface area contributed by atoms with E-state index in [-0.39, 0.29) is 63.8 Å². The van der Waals surface area contributed by atoms with E-state index in [4.69, 9.17) is 82.6 Å². The molecule has 0 radical (unpaired) electrons. The van der Waals surface area contributed by atoms with Crippen LogP contribution in [0, 0.1) is 0 Å². The van der Waals surface area contributed by atoms with E-state index in [0.717, 1.165) is 0 Å². The molecule has 6 aromatic heterocycles. The van der Waals surface area contributed by atoms with Gasteiger partial charge in [0.2, 0.25) is 0 Å². The van der Waals surface area contributed by atoms with Crippen molar-refractivity contribution in [1.82, 2.24) is 58.6 Å². The second-order valence-electron chi connectivity index (χ2n) is 15.4. The average molecular weight is 1030 g/mol. The molecule has 9 rings (SSSR count). The fourth-order valence-electron chi connectivity index (χ4n) is 8.26. The van der Waals surface area contributed by atoms with Gasteiger partial charge in [0.25, 0.3) is 0 Å². The van der Waals surface area contributed by atoms with Crippen molar-refractivity contribution in [2.75, 3.05) is 44.6 Å². The maximum atomic E-state index is 11.7. The zero-order valence-corrected chi connectivity index (χ0v) is 38.8. The molecule has 3 aliphatic rings. The van der Waals surface area contributed by atoms with Crippen molar-refractivity contribution in [3.05, 3.63) is 38.0 Å². The van der Waals surface area contributed by atoms with Gasteiger partial charge in [-0.2, -0.15) is 0 Å². The molecule has 3 saturated heterocycles. The third-order valence-corrected chi connectivity index (χ3v) is 14.5. The first-order chi connectivity index (χ1) is 32.5. The van der Waals surface area contributed by atoms with Crippen LogP contribution in [0.5, 0.6) is 0 Å². The number of ether oxygens (including phenoxy) is 5. The number of nitrogen functional groups attached to an aromatic ring is 3. The number of methoxy groups -OCH3 is 2. The molecule has 0 amide bonds. The molecule has 3 aliphatic heterocycles. The maximum Gasteiger partial charge on any atom is 0.325 e. The number of hydrogen-bond acceptors (Lipinski definition) is 26. The number of rotatable bonds is 18. The predicted octanol–water partition coefficient (Wildman–Crippen LogP) is -1.20. The summed E-state index contributed by atoms with van der Waals surface area (Å²) in [4.78, 5) is 72.3. The second-order valence-corrected chi connectivity index (χ2v) is 21.0. The molecule has 14 atom stereocenters. The van der Waals surface area contributed by atoms with Crippen LogP contribution in [0.4, 0.5) is 17.5 Å². The molecular formula is C34H43N15O15P2S2. The Morgan fingerprint density at radius 3 is 1.46 bits per heavy atom. The van der Waals surface area contributed by atoms with Gasteiger partial charge in [-0.1, -0.05) is 0 Å². The Kier molecular flexibility index (Phi) is 13.7. The van der Waals surface area contributed by atoms with Crippen molar-refractivity contribution in [2.45, 2.75) is 86.5 Å². The smallest absolute Gasteiger partial charge is 0.325 e. The molecule has 34 heteroatoms. The fourth-order valence-corrected chi connectivity index (χ4v) is 11.1. The van der Waals surface area contributed by atoms with Crippen molar-refractivity contribution in [2.24, 2.45) is 0 Å². The first kappa shape index (κ1) is 48.3. The van der Waals surface area contributed by atoms with Crippen molar-refractivity contribution in [3.8, 4) is 0 Å². The number of hydrogen-bond donors (Lipinski definition) is 8. The third kappa shape index (κ3) is 9.24. The minimum absolute atomic E-state index is 0.0101. The summed E-state index contributed by atoms with van der Waals surface area (Å²) < 4.78 is 58.4. The molecule has 3 fully saturated rings. The minimum Gasteiger partial charge on any atom is -0.481 e. The summed E-state index contributed by atoms with van der Waals surface area (Å²) in [5.41, 5.74) is 19.4. The van der Waals surface area contributed by atoms with E-state index < -0.39 is 106 Å². The average Bonchev–Trinajstić information content (AvgIpc) is 4.16. The zero-order chi connectivity index (χ0) is 48.2. The number of aliphatic hydroxyl groups excluding tert-OH is 2. The van der Waals surface area contributed by atoms with Crippen LogP contribution in [0.1, 0.15) is 31.5 Å². The quantitative estimate of drug-likeness (QED) is 0.0469. The Morgan fingerprint density at radius 2 is 1.01 bits per heavy atom. The number of carbonyl (C=O) groups is 1. The topological polar surface area (TPSA) is 410 Å². The molecule has 68 heavy (non-hydrogen) atoms. The SMILES string of the molecule is CO[C@H]1[C@@H](O[P@](O)(=S)OC[C@H]2O[C@@H](n3cnc4c(N)ncnc43)[C@H](O[P@](O)(=S)OC[C@H]3O[C@@H](n4cnc5c(N)ncnc54)[C@H](O)[C@@H]3O)[C@@H]2OC)[C@H](n2cnc3c(N)ncnc32)O[C@@H]1CCC(=O)O. The highest BCUT2D eigenvalue weighted by Crippen LogP contribution is 2.54. The molecule has 0 spiro atoms. The third-order valence-electron chi connectivity index (χ3n) is 11.4. The summed E-state index contributed by atoms with van der Waals surface area (Å²) in [5.74, 6) is -0.869. The molecular weight excluding hydrogens is 985 g/mol. The van der Waals surface area contributed by atoms with E-state index in [0.29, 0.717) is 0 Å². The van der Waals surface area contributed by atoms with E-state index in [1.807, 2.05) is 0 Å². The number of carboxylic acid groups (broad SMARTS) is 1. The van der Waals surface area contributed by atoms with Crippen LogP contribution >= 0.6 is 13.4 Å². The zero-order valence-electron chi connectivity index (χ0n) is 35.3. The lowest BCUT2D eigenvalue weighted by Crippen LogP contribution is -2.38. The van der Waals surface area contributed by atoms with Crippen LogP contribution in [0.3, 0.4) is 0 Å². The highest BCUT2D eigenvalue weighted by atomic mass is 32.5. The van der Waals surface area contributed by atoms with Crippen molar-refractivity contribution >= 4 is 94.0 Å². The largest absolute Gasteiger partial charge is 0.481 e. The van der Waals surface area contributed by atoms with Crippen LogP contribution in [-0.2, 0) is 70.2 Å². The summed E-state index contributed by atoms with van der Waals surface area (Å²) in [5, 5.41) is 31.4. The van der Waals surface area contributed by atoms with Crippen molar-refractivity contribution < 1.29 is 71.7 Å². The number of aliphatic hydroxyl groups is 2. The van der Waals surface area contributed by atoms with Crippen molar-refractivity contribution in [1.29, 1.82) is 0 Å². The number of aliphatic carboxylic acids is 1. The highest BCUT2D eigenvalue weighted by Gasteiger charge is 2.53. The Bertz CT molecular complexity index is 2920.